The average molecular weight is 645 g/mol. The van der Waals surface area contributed by atoms with Crippen LogP contribution in [0.15, 0.2) is 110 Å². The van der Waals surface area contributed by atoms with Crippen LogP contribution in [0.2, 0.25) is 0 Å². The minimum atomic E-state index is -0.975. The Bertz CT molecular complexity index is 1860. The molecular weight excluding hydrogens is 604 g/mol. The van der Waals surface area contributed by atoms with Crippen LogP contribution in [0.5, 0.6) is 11.5 Å². The van der Waals surface area contributed by atoms with Gasteiger partial charge in [-0.25, -0.2) is 9.67 Å². The normalized spacial score (nSPS) is 13.1. The van der Waals surface area contributed by atoms with Crippen molar-refractivity contribution in [3.8, 4) is 17.3 Å². The van der Waals surface area contributed by atoms with Gasteiger partial charge in [-0.2, -0.15) is 5.10 Å². The van der Waals surface area contributed by atoms with E-state index in [0.29, 0.717) is 33.9 Å². The van der Waals surface area contributed by atoms with Gasteiger partial charge in [0.25, 0.3) is 0 Å². The van der Waals surface area contributed by atoms with Crippen molar-refractivity contribution in [3.05, 3.63) is 138 Å². The number of benzene rings is 4. The van der Waals surface area contributed by atoms with Crippen LogP contribution < -0.4 is 20.1 Å². The van der Waals surface area contributed by atoms with E-state index in [1.165, 1.54) is 0 Å². The molecule has 0 unspecified atom stereocenters. The fourth-order valence-corrected chi connectivity index (χ4v) is 6.55. The molecule has 0 radical (unpaired) electrons. The molecule has 7 rings (SSSR count). The smallest absolute Gasteiger partial charge is 0.309 e. The van der Waals surface area contributed by atoms with Crippen molar-refractivity contribution in [2.75, 3.05) is 40.4 Å². The van der Waals surface area contributed by atoms with Crippen LogP contribution in [-0.4, -0.2) is 70.8 Å². The molecule has 0 atom stereocenters. The predicted molar refractivity (Wildman–Crippen MR) is 186 cm³/mol. The Hall–Kier alpha value is -5.45. The van der Waals surface area contributed by atoms with Crippen molar-refractivity contribution in [1.29, 1.82) is 0 Å². The lowest BCUT2D eigenvalue weighted by molar-refractivity contribution is -0.136. The summed E-state index contributed by atoms with van der Waals surface area (Å²) < 4.78 is 15.0. The van der Waals surface area contributed by atoms with Gasteiger partial charge in [0.1, 0.15) is 5.54 Å². The standard InChI is InChI=1S/C34H30N4O4.C4H10N2/c1-23-32-27(19-31(39)40)36-38(28(32)20-29(41-2)33(23)42-3)30-21-37(22-35-30)34(24-13-7-4-8-14-24,25-15-9-5-10-16-25)26-17-11-6-12-18-26;1-2-6-4-3-5-1/h4-18,20-22H,19H2,1-3H3,(H,39,40);5-6H,1-4H2. The monoisotopic (exact) mass is 644 g/mol. The number of fused-ring (bicyclic) bond motifs is 1. The quantitative estimate of drug-likeness (QED) is 0.184. The Morgan fingerprint density at radius 1 is 0.833 bits per heavy atom. The molecule has 1 fully saturated rings. The lowest BCUT2D eigenvalue weighted by Gasteiger charge is -2.37. The second-order valence-corrected chi connectivity index (χ2v) is 11.5. The first-order valence-electron chi connectivity index (χ1n) is 16.0. The van der Waals surface area contributed by atoms with E-state index >= 15 is 0 Å². The average Bonchev–Trinajstić information content (AvgIpc) is 3.76. The number of nitrogens with zero attached hydrogens (tertiary/aromatic N) is 4. The summed E-state index contributed by atoms with van der Waals surface area (Å²) in [5.74, 6) is 0.628. The number of carbonyl (C=O) groups is 1. The van der Waals surface area contributed by atoms with Crippen LogP contribution in [0.3, 0.4) is 0 Å². The van der Waals surface area contributed by atoms with Gasteiger partial charge in [0, 0.05) is 43.2 Å². The summed E-state index contributed by atoms with van der Waals surface area (Å²) >= 11 is 0. The first kappa shape index (κ1) is 32.5. The van der Waals surface area contributed by atoms with Gasteiger partial charge in [0.05, 0.1) is 44.4 Å². The van der Waals surface area contributed by atoms with Crippen molar-refractivity contribution in [2.45, 2.75) is 18.9 Å². The largest absolute Gasteiger partial charge is 0.493 e. The van der Waals surface area contributed by atoms with Crippen molar-refractivity contribution in [3.63, 3.8) is 0 Å². The predicted octanol–water partition coefficient (Wildman–Crippen LogP) is 5.19. The molecule has 0 amide bonds. The van der Waals surface area contributed by atoms with E-state index in [9.17, 15) is 9.90 Å². The number of methoxy groups -OCH3 is 2. The number of aliphatic carboxylic acids is 1. The maximum absolute atomic E-state index is 11.8. The maximum Gasteiger partial charge on any atom is 0.309 e. The molecule has 0 aliphatic carbocycles. The van der Waals surface area contributed by atoms with Gasteiger partial charge in [-0.05, 0) is 23.6 Å². The number of hydrogen-bond acceptors (Lipinski definition) is 7. The van der Waals surface area contributed by atoms with E-state index < -0.39 is 11.5 Å². The first-order valence-corrected chi connectivity index (χ1v) is 16.0. The third-order valence-corrected chi connectivity index (χ3v) is 8.65. The molecule has 6 aromatic rings. The minimum absolute atomic E-state index is 0.248. The number of piperazine rings is 1. The SMILES string of the molecule is C1CNCCN1.COc1cc2c(c(CC(=O)O)nn2-c2cn(C(c3ccccc3)(c3ccccc3)c3ccccc3)cn2)c(C)c1OC. The molecule has 1 saturated heterocycles. The number of aromatic nitrogens is 4. The molecule has 4 aromatic carbocycles. The molecule has 10 nitrogen and oxygen atoms in total. The van der Waals surface area contributed by atoms with E-state index in [2.05, 4.69) is 51.6 Å². The Balaban J connectivity index is 0.000000604. The molecule has 0 spiro atoms. The summed E-state index contributed by atoms with van der Waals surface area (Å²) in [7, 11) is 3.14. The number of imidazole rings is 1. The van der Waals surface area contributed by atoms with Crippen molar-refractivity contribution in [2.24, 2.45) is 0 Å². The summed E-state index contributed by atoms with van der Waals surface area (Å²) in [4.78, 5) is 16.7. The number of ether oxygens (including phenoxy) is 2. The van der Waals surface area contributed by atoms with Crippen molar-refractivity contribution in [1.82, 2.24) is 30.0 Å². The zero-order chi connectivity index (χ0) is 33.5. The molecule has 1 aliphatic heterocycles. The van der Waals surface area contributed by atoms with Crippen LogP contribution in [0.1, 0.15) is 27.9 Å². The molecule has 3 N–H and O–H groups in total. The highest BCUT2D eigenvalue weighted by Gasteiger charge is 2.38. The van der Waals surface area contributed by atoms with Crippen LogP contribution in [0.25, 0.3) is 16.7 Å². The Kier molecular flexibility index (Phi) is 9.84. The third-order valence-electron chi connectivity index (χ3n) is 8.65. The summed E-state index contributed by atoms with van der Waals surface area (Å²) in [6.07, 6.45) is 3.51. The lowest BCUT2D eigenvalue weighted by Crippen LogP contribution is -2.39. The van der Waals surface area contributed by atoms with Crippen molar-refractivity contribution < 1.29 is 19.4 Å². The number of aryl methyl sites for hydroxylation is 1. The second kappa shape index (κ2) is 14.5. The van der Waals surface area contributed by atoms with E-state index in [-0.39, 0.29) is 6.42 Å². The van der Waals surface area contributed by atoms with E-state index in [4.69, 9.17) is 19.6 Å². The van der Waals surface area contributed by atoms with Gasteiger partial charge in [-0.1, -0.05) is 91.0 Å². The topological polar surface area (TPSA) is 115 Å². The molecule has 48 heavy (non-hydrogen) atoms. The molecule has 10 heteroatoms. The molecule has 2 aromatic heterocycles. The molecule has 0 saturated carbocycles. The van der Waals surface area contributed by atoms with Crippen LogP contribution in [-0.2, 0) is 16.8 Å². The van der Waals surface area contributed by atoms with Crippen LogP contribution >= 0.6 is 0 Å². The first-order chi connectivity index (χ1) is 23.5. The van der Waals surface area contributed by atoms with E-state index in [1.807, 2.05) is 73.8 Å². The van der Waals surface area contributed by atoms with Gasteiger partial charge in [-0.15, -0.1) is 0 Å². The number of carboxylic acid groups (broad SMARTS) is 1. The summed E-state index contributed by atoms with van der Waals surface area (Å²) in [6, 6.07) is 32.8. The van der Waals surface area contributed by atoms with Gasteiger partial charge in [0.2, 0.25) is 0 Å². The van der Waals surface area contributed by atoms with Crippen LogP contribution in [0.4, 0.5) is 0 Å². The Labute approximate surface area is 280 Å². The number of hydrogen-bond donors (Lipinski definition) is 3. The highest BCUT2D eigenvalue weighted by molar-refractivity contribution is 5.92. The fraction of sp³-hybridized carbons (Fsp3) is 0.237. The number of nitrogens with one attached hydrogen (secondary N) is 2. The third kappa shape index (κ3) is 6.15. The maximum atomic E-state index is 11.8. The summed E-state index contributed by atoms with van der Waals surface area (Å²) in [5.41, 5.74) is 4.28. The Morgan fingerprint density at radius 2 is 1.35 bits per heavy atom. The highest BCUT2D eigenvalue weighted by atomic mass is 16.5. The zero-order valence-corrected chi connectivity index (χ0v) is 27.4. The zero-order valence-electron chi connectivity index (χ0n) is 27.4. The fourth-order valence-electron chi connectivity index (χ4n) is 6.55. The van der Waals surface area contributed by atoms with Gasteiger partial charge >= 0.3 is 5.97 Å². The molecular formula is C38H40N6O4. The number of rotatable bonds is 9. The second-order valence-electron chi connectivity index (χ2n) is 11.5. The molecule has 0 bridgehead atoms. The van der Waals surface area contributed by atoms with E-state index in [0.717, 1.165) is 48.4 Å². The van der Waals surface area contributed by atoms with Crippen LogP contribution in [0, 0.1) is 6.92 Å². The Morgan fingerprint density at radius 3 is 1.79 bits per heavy atom. The summed E-state index contributed by atoms with van der Waals surface area (Å²) in [5, 5.41) is 21.6. The molecule has 1 aliphatic rings. The minimum Gasteiger partial charge on any atom is -0.493 e. The molecule has 3 heterocycles. The lowest BCUT2D eigenvalue weighted by atomic mass is 9.77. The van der Waals surface area contributed by atoms with Crippen molar-refractivity contribution >= 4 is 16.9 Å². The van der Waals surface area contributed by atoms with Gasteiger partial charge < -0.3 is 29.8 Å². The number of carboxylic acids is 1. The highest BCUT2D eigenvalue weighted by Crippen LogP contribution is 2.42. The van der Waals surface area contributed by atoms with Gasteiger partial charge in [-0.3, -0.25) is 4.79 Å². The molecule has 246 valence electrons. The van der Waals surface area contributed by atoms with Gasteiger partial charge in [0.15, 0.2) is 17.3 Å². The summed E-state index contributed by atoms with van der Waals surface area (Å²) in [6.45, 7) is 6.44. The van der Waals surface area contributed by atoms with E-state index in [1.54, 1.807) is 25.2 Å².